The summed E-state index contributed by atoms with van der Waals surface area (Å²) in [7, 11) is 0. The molecule has 1 fully saturated rings. The maximum atomic E-state index is 13.2. The first-order valence-electron chi connectivity index (χ1n) is 10.2. The molecule has 1 N–H and O–H groups in total. The number of aromatic nitrogens is 2. The van der Waals surface area contributed by atoms with Crippen LogP contribution in [0.4, 0.5) is 10.5 Å². The molecule has 1 saturated heterocycles. The van der Waals surface area contributed by atoms with Crippen molar-refractivity contribution in [1.29, 1.82) is 0 Å². The minimum Gasteiger partial charge on any atom is -0.342 e. The Morgan fingerprint density at radius 2 is 1.76 bits per heavy atom. The molecule has 7 nitrogen and oxygen atoms in total. The van der Waals surface area contributed by atoms with Gasteiger partial charge in [0, 0.05) is 40.4 Å². The van der Waals surface area contributed by atoms with E-state index in [1.54, 1.807) is 12.1 Å². The SMILES string of the molecule is O=C1NC(=O)N(c2cccnc2)C(=O)/C1=C/c1cn(Cc2ccccc2Cl)c2ccccc12. The highest BCUT2D eigenvalue weighted by Crippen LogP contribution is 2.28. The van der Waals surface area contributed by atoms with Crippen molar-refractivity contribution in [2.24, 2.45) is 0 Å². The summed E-state index contributed by atoms with van der Waals surface area (Å²) in [6.45, 7) is 0.518. The number of carbonyl (C=O) groups is 3. The van der Waals surface area contributed by atoms with Crippen LogP contribution in [0.2, 0.25) is 5.02 Å². The summed E-state index contributed by atoms with van der Waals surface area (Å²) < 4.78 is 2.01. The molecule has 1 aliphatic heterocycles. The number of urea groups is 1. The Kier molecular flexibility index (Phi) is 5.24. The van der Waals surface area contributed by atoms with Crippen LogP contribution in [0.3, 0.4) is 0 Å². The van der Waals surface area contributed by atoms with E-state index in [9.17, 15) is 14.4 Å². The Morgan fingerprint density at radius 3 is 2.55 bits per heavy atom. The second-order valence-corrected chi connectivity index (χ2v) is 7.90. The molecule has 0 bridgehead atoms. The van der Waals surface area contributed by atoms with Gasteiger partial charge in [0.15, 0.2) is 0 Å². The van der Waals surface area contributed by atoms with Crippen LogP contribution >= 0.6 is 11.6 Å². The Morgan fingerprint density at radius 1 is 0.970 bits per heavy atom. The zero-order chi connectivity index (χ0) is 22.9. The summed E-state index contributed by atoms with van der Waals surface area (Å²) in [4.78, 5) is 43.0. The Balaban J connectivity index is 1.58. The Labute approximate surface area is 193 Å². The maximum Gasteiger partial charge on any atom is 0.336 e. The summed E-state index contributed by atoms with van der Waals surface area (Å²) >= 11 is 6.35. The van der Waals surface area contributed by atoms with Gasteiger partial charge in [-0.25, -0.2) is 9.69 Å². The summed E-state index contributed by atoms with van der Waals surface area (Å²) in [6.07, 6.45) is 6.30. The number of pyridine rings is 1. The van der Waals surface area contributed by atoms with Crippen LogP contribution in [0.25, 0.3) is 17.0 Å². The number of carbonyl (C=O) groups excluding carboxylic acids is 3. The van der Waals surface area contributed by atoms with Crippen LogP contribution in [0.15, 0.2) is 84.8 Å². The number of para-hydroxylation sites is 1. The number of amides is 4. The molecule has 3 heterocycles. The van der Waals surface area contributed by atoms with Crippen LogP contribution in [0.5, 0.6) is 0 Å². The molecular formula is C25H17ClN4O3. The van der Waals surface area contributed by atoms with E-state index in [2.05, 4.69) is 10.3 Å². The van der Waals surface area contributed by atoms with Crippen molar-refractivity contribution in [1.82, 2.24) is 14.9 Å². The van der Waals surface area contributed by atoms with Gasteiger partial charge in [-0.1, -0.05) is 48.0 Å². The van der Waals surface area contributed by atoms with Gasteiger partial charge < -0.3 is 4.57 Å². The third kappa shape index (κ3) is 3.79. The maximum absolute atomic E-state index is 13.2. The zero-order valence-electron chi connectivity index (χ0n) is 17.2. The van der Waals surface area contributed by atoms with Crippen molar-refractivity contribution in [2.45, 2.75) is 6.54 Å². The second kappa shape index (κ2) is 8.37. The summed E-state index contributed by atoms with van der Waals surface area (Å²) in [5.74, 6) is -1.45. The number of fused-ring (bicyclic) bond motifs is 1. The average molecular weight is 457 g/mol. The molecule has 0 aliphatic carbocycles. The first-order chi connectivity index (χ1) is 16.0. The van der Waals surface area contributed by atoms with E-state index < -0.39 is 17.8 Å². The van der Waals surface area contributed by atoms with Crippen LogP contribution in [-0.2, 0) is 16.1 Å². The highest BCUT2D eigenvalue weighted by molar-refractivity contribution is 6.39. The fraction of sp³-hybridized carbons (Fsp3) is 0.0400. The zero-order valence-corrected chi connectivity index (χ0v) is 18.0. The van der Waals surface area contributed by atoms with Gasteiger partial charge in [0.1, 0.15) is 5.57 Å². The number of hydrogen-bond donors (Lipinski definition) is 1. The highest BCUT2D eigenvalue weighted by atomic mass is 35.5. The van der Waals surface area contributed by atoms with Gasteiger partial charge in [-0.3, -0.25) is 19.9 Å². The molecular weight excluding hydrogens is 440 g/mol. The van der Waals surface area contributed by atoms with E-state index in [4.69, 9.17) is 11.6 Å². The minimum absolute atomic E-state index is 0.140. The molecule has 4 aromatic rings. The smallest absolute Gasteiger partial charge is 0.336 e. The van der Waals surface area contributed by atoms with Crippen molar-refractivity contribution in [2.75, 3.05) is 4.90 Å². The lowest BCUT2D eigenvalue weighted by molar-refractivity contribution is -0.122. The number of barbiturate groups is 1. The number of hydrogen-bond acceptors (Lipinski definition) is 4. The van der Waals surface area contributed by atoms with E-state index in [0.717, 1.165) is 21.4 Å². The first kappa shape index (κ1) is 20.7. The lowest BCUT2D eigenvalue weighted by atomic mass is 10.1. The molecule has 2 aromatic carbocycles. The number of halogens is 1. The highest BCUT2D eigenvalue weighted by Gasteiger charge is 2.37. The van der Waals surface area contributed by atoms with Crippen LogP contribution in [0, 0.1) is 0 Å². The predicted octanol–water partition coefficient (Wildman–Crippen LogP) is 4.40. The molecule has 0 saturated carbocycles. The van der Waals surface area contributed by atoms with Gasteiger partial charge in [-0.2, -0.15) is 0 Å². The van der Waals surface area contributed by atoms with Crippen molar-refractivity contribution >= 4 is 52.1 Å². The number of benzene rings is 2. The monoisotopic (exact) mass is 456 g/mol. The molecule has 5 rings (SSSR count). The summed E-state index contributed by atoms with van der Waals surface area (Å²) in [5.41, 5.74) is 2.68. The van der Waals surface area contributed by atoms with Crippen LogP contribution in [0.1, 0.15) is 11.1 Å². The molecule has 33 heavy (non-hydrogen) atoms. The van der Waals surface area contributed by atoms with Gasteiger partial charge in [-0.05, 0) is 35.9 Å². The molecule has 0 spiro atoms. The Bertz CT molecular complexity index is 1440. The van der Waals surface area contributed by atoms with E-state index >= 15 is 0 Å². The normalized spacial score (nSPS) is 15.4. The van der Waals surface area contributed by atoms with E-state index in [1.165, 1.54) is 18.5 Å². The molecule has 0 radical (unpaired) electrons. The standard InChI is InChI=1S/C25H17ClN4O3/c26-21-9-3-1-6-16(21)14-29-15-17(19-8-2-4-10-22(19)29)12-20-23(31)28-25(33)30(24(20)32)18-7-5-11-27-13-18/h1-13,15H,14H2,(H,28,31,33)/b20-12+. The lowest BCUT2D eigenvalue weighted by Gasteiger charge is -2.25. The van der Waals surface area contributed by atoms with Crippen molar-refractivity contribution in [3.63, 3.8) is 0 Å². The van der Waals surface area contributed by atoms with Crippen molar-refractivity contribution < 1.29 is 14.4 Å². The minimum atomic E-state index is -0.809. The second-order valence-electron chi connectivity index (χ2n) is 7.49. The van der Waals surface area contributed by atoms with E-state index in [-0.39, 0.29) is 11.3 Å². The largest absolute Gasteiger partial charge is 0.342 e. The van der Waals surface area contributed by atoms with Gasteiger partial charge in [0.25, 0.3) is 11.8 Å². The third-order valence-corrected chi connectivity index (χ3v) is 5.79. The number of anilines is 1. The number of imide groups is 2. The molecule has 0 unspecified atom stereocenters. The number of rotatable bonds is 4. The molecule has 4 amide bonds. The third-order valence-electron chi connectivity index (χ3n) is 5.42. The summed E-state index contributed by atoms with van der Waals surface area (Å²) in [6, 6.07) is 17.6. The van der Waals surface area contributed by atoms with E-state index in [1.807, 2.05) is 59.3 Å². The fourth-order valence-electron chi connectivity index (χ4n) is 3.86. The molecule has 0 atom stereocenters. The van der Waals surface area contributed by atoms with Gasteiger partial charge in [-0.15, -0.1) is 0 Å². The van der Waals surface area contributed by atoms with Crippen LogP contribution < -0.4 is 10.2 Å². The Hall–Kier alpha value is -4.23. The van der Waals surface area contributed by atoms with Crippen molar-refractivity contribution in [3.05, 3.63) is 101 Å². The number of nitrogens with one attached hydrogen (secondary N) is 1. The molecule has 8 heteroatoms. The molecule has 162 valence electrons. The van der Waals surface area contributed by atoms with Crippen LogP contribution in [-0.4, -0.2) is 27.4 Å². The fourth-order valence-corrected chi connectivity index (χ4v) is 4.06. The number of nitrogens with zero attached hydrogens (tertiary/aromatic N) is 3. The van der Waals surface area contributed by atoms with Gasteiger partial charge >= 0.3 is 6.03 Å². The summed E-state index contributed by atoms with van der Waals surface area (Å²) in [5, 5.41) is 3.76. The first-order valence-corrected chi connectivity index (χ1v) is 10.5. The topological polar surface area (TPSA) is 84.3 Å². The average Bonchev–Trinajstić information content (AvgIpc) is 3.16. The van der Waals surface area contributed by atoms with Crippen molar-refractivity contribution in [3.8, 4) is 0 Å². The van der Waals surface area contributed by atoms with E-state index in [0.29, 0.717) is 17.1 Å². The lowest BCUT2D eigenvalue weighted by Crippen LogP contribution is -2.54. The quantitative estimate of drug-likeness (QED) is 0.364. The van der Waals surface area contributed by atoms with Gasteiger partial charge in [0.2, 0.25) is 0 Å². The molecule has 1 aliphatic rings. The van der Waals surface area contributed by atoms with Gasteiger partial charge in [0.05, 0.1) is 11.9 Å². The predicted molar refractivity (Wildman–Crippen MR) is 126 cm³/mol. The molecule has 2 aromatic heterocycles.